The lowest BCUT2D eigenvalue weighted by molar-refractivity contribution is 0.0276. The molecule has 0 aliphatic carbocycles. The number of rotatable bonds is 5. The van der Waals surface area contributed by atoms with Crippen LogP contribution in [0.5, 0.6) is 0 Å². The highest BCUT2D eigenvalue weighted by Gasteiger charge is 2.22. The smallest absolute Gasteiger partial charge is 0.240 e. The van der Waals surface area contributed by atoms with Crippen LogP contribution in [0.3, 0.4) is 0 Å². The van der Waals surface area contributed by atoms with Gasteiger partial charge in [-0.3, -0.25) is 0 Å². The Kier molecular flexibility index (Phi) is 4.31. The summed E-state index contributed by atoms with van der Waals surface area (Å²) in [7, 11) is -2.32. The SMILES string of the molecule is COC(C)(C)CNS(=O)(=O)c1cc(N)cc(F)c1. The van der Waals surface area contributed by atoms with Crippen LogP contribution in [0.1, 0.15) is 13.8 Å². The van der Waals surface area contributed by atoms with Gasteiger partial charge in [-0.2, -0.15) is 0 Å². The van der Waals surface area contributed by atoms with Crippen LogP contribution in [0.2, 0.25) is 0 Å². The molecule has 0 aromatic heterocycles. The van der Waals surface area contributed by atoms with E-state index in [2.05, 4.69) is 4.72 Å². The molecular formula is C11H17FN2O3S. The summed E-state index contributed by atoms with van der Waals surface area (Å²) >= 11 is 0. The monoisotopic (exact) mass is 276 g/mol. The molecule has 7 heteroatoms. The third-order valence-electron chi connectivity index (χ3n) is 2.44. The minimum absolute atomic E-state index is 0.0568. The first kappa shape index (κ1) is 14.9. The van der Waals surface area contributed by atoms with Crippen molar-refractivity contribution < 1.29 is 17.5 Å². The molecule has 1 aromatic rings. The van der Waals surface area contributed by atoms with Crippen LogP contribution in [0.25, 0.3) is 0 Å². The standard InChI is InChI=1S/C11H17FN2O3S/c1-11(2,17-3)7-14-18(15,16)10-5-8(12)4-9(13)6-10/h4-6,14H,7,13H2,1-3H3. The van der Waals surface area contributed by atoms with Crippen LogP contribution in [0.15, 0.2) is 23.1 Å². The summed E-state index contributed by atoms with van der Waals surface area (Å²) < 4.78 is 44.4. The van der Waals surface area contributed by atoms with Gasteiger partial charge >= 0.3 is 0 Å². The number of ether oxygens (including phenoxy) is 1. The number of halogens is 1. The van der Waals surface area contributed by atoms with E-state index < -0.39 is 21.4 Å². The maximum atomic E-state index is 13.1. The molecule has 0 spiro atoms. The van der Waals surface area contributed by atoms with Gasteiger partial charge in [-0.25, -0.2) is 17.5 Å². The van der Waals surface area contributed by atoms with Crippen LogP contribution in [0, 0.1) is 5.82 Å². The zero-order valence-corrected chi connectivity index (χ0v) is 11.3. The molecule has 5 nitrogen and oxygen atoms in total. The van der Waals surface area contributed by atoms with Gasteiger partial charge in [-0.15, -0.1) is 0 Å². The largest absolute Gasteiger partial charge is 0.399 e. The van der Waals surface area contributed by atoms with E-state index in [9.17, 15) is 12.8 Å². The lowest BCUT2D eigenvalue weighted by Crippen LogP contribution is -2.39. The van der Waals surface area contributed by atoms with E-state index >= 15 is 0 Å². The molecule has 3 N–H and O–H groups in total. The third kappa shape index (κ3) is 3.94. The molecule has 0 atom stereocenters. The zero-order valence-electron chi connectivity index (χ0n) is 10.5. The average Bonchev–Trinajstić information content (AvgIpc) is 2.25. The number of methoxy groups -OCH3 is 1. The Morgan fingerprint density at radius 3 is 2.50 bits per heavy atom. The van der Waals surface area contributed by atoms with Gasteiger partial charge in [0.2, 0.25) is 10.0 Å². The Hall–Kier alpha value is -1.18. The van der Waals surface area contributed by atoms with E-state index in [1.807, 2.05) is 0 Å². The van der Waals surface area contributed by atoms with Gasteiger partial charge in [-0.05, 0) is 32.0 Å². The Morgan fingerprint density at radius 1 is 1.39 bits per heavy atom. The minimum Gasteiger partial charge on any atom is -0.399 e. The average molecular weight is 276 g/mol. The lowest BCUT2D eigenvalue weighted by Gasteiger charge is -2.23. The van der Waals surface area contributed by atoms with Crippen LogP contribution >= 0.6 is 0 Å². The topological polar surface area (TPSA) is 81.4 Å². The number of benzene rings is 1. The second-order valence-corrected chi connectivity index (χ2v) is 6.28. The molecule has 0 saturated heterocycles. The third-order valence-corrected chi connectivity index (χ3v) is 3.83. The fourth-order valence-electron chi connectivity index (χ4n) is 1.16. The Morgan fingerprint density at radius 2 is 2.00 bits per heavy atom. The lowest BCUT2D eigenvalue weighted by atomic mass is 10.1. The van der Waals surface area contributed by atoms with E-state index in [1.54, 1.807) is 13.8 Å². The highest BCUT2D eigenvalue weighted by atomic mass is 32.2. The molecule has 0 amide bonds. The van der Waals surface area contributed by atoms with Crippen molar-refractivity contribution in [3.8, 4) is 0 Å². The van der Waals surface area contributed by atoms with Crippen molar-refractivity contribution in [1.82, 2.24) is 4.72 Å². The number of anilines is 1. The van der Waals surface area contributed by atoms with Crippen LogP contribution < -0.4 is 10.5 Å². The highest BCUT2D eigenvalue weighted by molar-refractivity contribution is 7.89. The summed E-state index contributed by atoms with van der Waals surface area (Å²) in [5.74, 6) is -0.693. The number of nitrogens with one attached hydrogen (secondary N) is 1. The summed E-state index contributed by atoms with van der Waals surface area (Å²) in [4.78, 5) is -0.202. The van der Waals surface area contributed by atoms with Crippen LogP contribution in [-0.2, 0) is 14.8 Å². The van der Waals surface area contributed by atoms with E-state index in [0.717, 1.165) is 12.1 Å². The van der Waals surface area contributed by atoms with Crippen molar-refractivity contribution in [2.24, 2.45) is 0 Å². The van der Waals surface area contributed by atoms with Crippen molar-refractivity contribution in [3.63, 3.8) is 0 Å². The summed E-state index contributed by atoms with van der Waals surface area (Å²) in [5.41, 5.74) is 4.82. The van der Waals surface area contributed by atoms with Gasteiger partial charge in [0.1, 0.15) is 5.82 Å². The number of hydrogen-bond donors (Lipinski definition) is 2. The zero-order chi connectivity index (χ0) is 14.0. The Balaban J connectivity index is 2.93. The van der Waals surface area contributed by atoms with Crippen molar-refractivity contribution in [2.75, 3.05) is 19.4 Å². The van der Waals surface area contributed by atoms with Crippen molar-refractivity contribution in [2.45, 2.75) is 24.3 Å². The maximum absolute atomic E-state index is 13.1. The first-order chi connectivity index (χ1) is 8.16. The minimum atomic E-state index is -3.80. The normalized spacial score (nSPS) is 12.7. The highest BCUT2D eigenvalue weighted by Crippen LogP contribution is 2.16. The Labute approximate surface area is 106 Å². The second kappa shape index (κ2) is 5.21. The summed E-state index contributed by atoms with van der Waals surface area (Å²) in [6.07, 6.45) is 0. The number of sulfonamides is 1. The maximum Gasteiger partial charge on any atom is 0.240 e. The molecule has 0 aliphatic heterocycles. The van der Waals surface area contributed by atoms with Crippen molar-refractivity contribution >= 4 is 15.7 Å². The quantitative estimate of drug-likeness (QED) is 0.789. The molecule has 102 valence electrons. The first-order valence-corrected chi connectivity index (χ1v) is 6.75. The van der Waals surface area contributed by atoms with Crippen LogP contribution in [-0.4, -0.2) is 27.7 Å². The van der Waals surface area contributed by atoms with E-state index in [1.165, 1.54) is 13.2 Å². The van der Waals surface area contributed by atoms with Gasteiger partial charge in [0.25, 0.3) is 0 Å². The predicted molar refractivity (Wildman–Crippen MR) is 67.1 cm³/mol. The van der Waals surface area contributed by atoms with Gasteiger partial charge in [0, 0.05) is 19.3 Å². The summed E-state index contributed by atoms with van der Waals surface area (Å²) in [5, 5.41) is 0. The number of hydrogen-bond acceptors (Lipinski definition) is 4. The molecule has 18 heavy (non-hydrogen) atoms. The molecule has 0 unspecified atom stereocenters. The van der Waals surface area contributed by atoms with Gasteiger partial charge in [0.05, 0.1) is 10.5 Å². The summed E-state index contributed by atoms with van der Waals surface area (Å²) in [6, 6.07) is 3.17. The fraction of sp³-hybridized carbons (Fsp3) is 0.455. The summed E-state index contributed by atoms with van der Waals surface area (Å²) in [6.45, 7) is 3.53. The molecule has 0 aliphatic rings. The molecule has 0 fully saturated rings. The molecule has 0 heterocycles. The van der Waals surface area contributed by atoms with Crippen molar-refractivity contribution in [1.29, 1.82) is 0 Å². The fourth-order valence-corrected chi connectivity index (χ4v) is 2.43. The van der Waals surface area contributed by atoms with E-state index in [4.69, 9.17) is 10.5 Å². The van der Waals surface area contributed by atoms with Crippen LogP contribution in [0.4, 0.5) is 10.1 Å². The molecule has 0 bridgehead atoms. The van der Waals surface area contributed by atoms with Crippen molar-refractivity contribution in [3.05, 3.63) is 24.0 Å². The molecule has 0 radical (unpaired) electrons. The van der Waals surface area contributed by atoms with Gasteiger partial charge in [-0.1, -0.05) is 0 Å². The van der Waals surface area contributed by atoms with E-state index in [-0.39, 0.29) is 17.1 Å². The van der Waals surface area contributed by atoms with E-state index in [0.29, 0.717) is 0 Å². The van der Waals surface area contributed by atoms with Gasteiger partial charge in [0.15, 0.2) is 0 Å². The first-order valence-electron chi connectivity index (χ1n) is 5.27. The number of nitrogen functional groups attached to an aromatic ring is 1. The van der Waals surface area contributed by atoms with Gasteiger partial charge < -0.3 is 10.5 Å². The molecule has 1 rings (SSSR count). The molecular weight excluding hydrogens is 259 g/mol. The predicted octanol–water partition coefficient (Wildman–Crippen LogP) is 1.11. The number of nitrogens with two attached hydrogens (primary N) is 1. The Bertz CT molecular complexity index is 509. The molecule has 1 aromatic carbocycles. The molecule has 0 saturated carbocycles. The second-order valence-electron chi connectivity index (χ2n) is 4.51.